The van der Waals surface area contributed by atoms with Gasteiger partial charge in [-0.15, -0.1) is 0 Å². The summed E-state index contributed by atoms with van der Waals surface area (Å²) >= 11 is 0. The Kier molecular flexibility index (Phi) is 5.27. The van der Waals surface area contributed by atoms with E-state index in [-0.39, 0.29) is 11.8 Å². The second-order valence-corrected chi connectivity index (χ2v) is 10.6. The van der Waals surface area contributed by atoms with Gasteiger partial charge >= 0.3 is 0 Å². The molecule has 2 aliphatic heterocycles. The lowest BCUT2D eigenvalue weighted by Gasteiger charge is -2.26. The topological polar surface area (TPSA) is 70.2 Å². The first kappa shape index (κ1) is 22.5. The van der Waals surface area contributed by atoms with Crippen LogP contribution >= 0.6 is 0 Å². The number of amides is 1. The van der Waals surface area contributed by atoms with Gasteiger partial charge in [0, 0.05) is 36.6 Å². The molecule has 3 aliphatic rings. The number of hydrogen-bond acceptors (Lipinski definition) is 4. The normalized spacial score (nSPS) is 23.2. The summed E-state index contributed by atoms with van der Waals surface area (Å²) in [7, 11) is 0. The molecule has 1 spiro atoms. The highest BCUT2D eigenvalue weighted by atomic mass is 16.5. The van der Waals surface area contributed by atoms with Crippen LogP contribution in [0, 0.1) is 6.92 Å². The van der Waals surface area contributed by atoms with Crippen molar-refractivity contribution in [3.63, 3.8) is 0 Å². The summed E-state index contributed by atoms with van der Waals surface area (Å²) in [6.07, 6.45) is 5.03. The van der Waals surface area contributed by atoms with Crippen molar-refractivity contribution in [2.75, 3.05) is 31.6 Å². The number of hydrogen-bond donors (Lipinski definition) is 2. The van der Waals surface area contributed by atoms with E-state index in [1.807, 2.05) is 6.07 Å². The van der Waals surface area contributed by atoms with Gasteiger partial charge in [-0.25, -0.2) is 0 Å². The molecule has 6 heteroatoms. The van der Waals surface area contributed by atoms with E-state index < -0.39 is 5.41 Å². The predicted molar refractivity (Wildman–Crippen MR) is 146 cm³/mol. The van der Waals surface area contributed by atoms with E-state index in [0.29, 0.717) is 0 Å². The molecule has 2 atom stereocenters. The number of benzene rings is 3. The number of nitrogens with zero attached hydrogens (tertiary/aromatic N) is 2. The molecule has 0 radical (unpaired) electrons. The molecule has 6 nitrogen and oxygen atoms in total. The zero-order chi connectivity index (χ0) is 25.0. The van der Waals surface area contributed by atoms with Crippen molar-refractivity contribution in [1.82, 2.24) is 15.1 Å². The van der Waals surface area contributed by atoms with Crippen molar-refractivity contribution in [3.8, 4) is 0 Å². The quantitative estimate of drug-likeness (QED) is 0.401. The number of fused-ring (bicyclic) bond motifs is 3. The van der Waals surface area contributed by atoms with Crippen LogP contribution in [0.3, 0.4) is 0 Å². The van der Waals surface area contributed by atoms with Crippen LogP contribution in [0.25, 0.3) is 23.1 Å². The van der Waals surface area contributed by atoms with Crippen LogP contribution in [0.4, 0.5) is 5.69 Å². The molecule has 7 rings (SSSR count). The smallest absolute Gasteiger partial charge is 0.235 e. The molecule has 2 N–H and O–H groups in total. The second-order valence-electron chi connectivity index (χ2n) is 10.6. The van der Waals surface area contributed by atoms with Gasteiger partial charge in [0.05, 0.1) is 29.8 Å². The lowest BCUT2D eigenvalue weighted by atomic mass is 9.91. The average molecular weight is 491 g/mol. The van der Waals surface area contributed by atoms with Gasteiger partial charge in [-0.1, -0.05) is 60.2 Å². The summed E-state index contributed by atoms with van der Waals surface area (Å²) in [6.45, 7) is 6.69. The molecule has 2 unspecified atom stereocenters. The SMILES string of the molecule is Cc1ccc2c(c1)C1(CC1c1ccc3c(C=Cc4ccc(CN5CCOCC5)cc4)n[nH]c3c1)C(=O)N2. The van der Waals surface area contributed by atoms with Crippen molar-refractivity contribution < 1.29 is 9.53 Å². The van der Waals surface area contributed by atoms with Gasteiger partial charge in [-0.05, 0) is 53.8 Å². The van der Waals surface area contributed by atoms with E-state index in [1.54, 1.807) is 0 Å². The van der Waals surface area contributed by atoms with Crippen LogP contribution < -0.4 is 5.32 Å². The third-order valence-corrected chi connectivity index (χ3v) is 8.21. The molecule has 1 aromatic heterocycles. The Balaban J connectivity index is 1.08. The molecule has 4 aromatic rings. The molecule has 1 saturated carbocycles. The average Bonchev–Trinajstić information content (AvgIpc) is 3.47. The van der Waals surface area contributed by atoms with Gasteiger partial charge in [0.2, 0.25) is 5.91 Å². The number of aromatic amines is 1. The highest BCUT2D eigenvalue weighted by Crippen LogP contribution is 2.65. The van der Waals surface area contributed by atoms with E-state index in [0.717, 1.165) is 72.7 Å². The van der Waals surface area contributed by atoms with Crippen LogP contribution in [0.5, 0.6) is 0 Å². The number of ether oxygens (including phenoxy) is 1. The van der Waals surface area contributed by atoms with Gasteiger partial charge in [0.15, 0.2) is 0 Å². The van der Waals surface area contributed by atoms with Crippen molar-refractivity contribution in [2.24, 2.45) is 0 Å². The van der Waals surface area contributed by atoms with Crippen molar-refractivity contribution in [1.29, 1.82) is 0 Å². The Hall–Kier alpha value is -3.74. The summed E-state index contributed by atoms with van der Waals surface area (Å²) in [4.78, 5) is 15.4. The molecule has 186 valence electrons. The number of aryl methyl sites for hydroxylation is 1. The Morgan fingerprint density at radius 1 is 1.05 bits per heavy atom. The van der Waals surface area contributed by atoms with E-state index in [4.69, 9.17) is 4.74 Å². The maximum atomic E-state index is 13.0. The zero-order valence-electron chi connectivity index (χ0n) is 21.0. The van der Waals surface area contributed by atoms with Crippen LogP contribution in [-0.4, -0.2) is 47.3 Å². The fraction of sp³-hybridized carbons (Fsp3) is 0.290. The number of carbonyl (C=O) groups excluding carboxylic acids is 1. The van der Waals surface area contributed by atoms with Crippen LogP contribution in [0.2, 0.25) is 0 Å². The number of aromatic nitrogens is 2. The fourth-order valence-electron chi connectivity index (χ4n) is 6.04. The Morgan fingerprint density at radius 2 is 1.89 bits per heavy atom. The van der Waals surface area contributed by atoms with Crippen molar-refractivity contribution in [3.05, 3.63) is 94.2 Å². The Morgan fingerprint density at radius 3 is 2.73 bits per heavy atom. The molecular weight excluding hydrogens is 460 g/mol. The molecule has 1 saturated heterocycles. The minimum absolute atomic E-state index is 0.127. The third kappa shape index (κ3) is 3.88. The summed E-state index contributed by atoms with van der Waals surface area (Å²) in [5.41, 5.74) is 8.45. The monoisotopic (exact) mass is 490 g/mol. The summed E-state index contributed by atoms with van der Waals surface area (Å²) in [6, 6.07) is 21.5. The standard InChI is InChI=1S/C31H30N4O2/c1-20-2-10-28-25(16-20)31(30(36)32-28)18-26(31)23-8-9-24-27(33-34-29(24)17-23)11-7-21-3-5-22(6-4-21)19-35-12-14-37-15-13-35/h2-11,16-17,26H,12-15,18-19H2,1H3,(H,32,36)(H,33,34). The van der Waals surface area contributed by atoms with E-state index in [1.165, 1.54) is 16.7 Å². The Bertz CT molecular complexity index is 1530. The maximum Gasteiger partial charge on any atom is 0.235 e. The minimum Gasteiger partial charge on any atom is -0.379 e. The second kappa shape index (κ2) is 8.68. The highest BCUT2D eigenvalue weighted by Gasteiger charge is 2.65. The first-order valence-electron chi connectivity index (χ1n) is 13.1. The summed E-state index contributed by atoms with van der Waals surface area (Å²) in [5, 5.41) is 12.0. The van der Waals surface area contributed by atoms with Gasteiger partial charge in [-0.2, -0.15) is 5.10 Å². The van der Waals surface area contributed by atoms with Gasteiger partial charge < -0.3 is 10.1 Å². The third-order valence-electron chi connectivity index (χ3n) is 8.21. The largest absolute Gasteiger partial charge is 0.379 e. The Labute approximate surface area is 216 Å². The summed E-state index contributed by atoms with van der Waals surface area (Å²) in [5.74, 6) is 0.320. The van der Waals surface area contributed by atoms with Gasteiger partial charge in [-0.3, -0.25) is 14.8 Å². The predicted octanol–water partition coefficient (Wildman–Crippen LogP) is 5.25. The molecule has 0 bridgehead atoms. The van der Waals surface area contributed by atoms with Crippen molar-refractivity contribution >= 4 is 34.6 Å². The number of rotatable bonds is 5. The molecular formula is C31H30N4O2. The van der Waals surface area contributed by atoms with Crippen molar-refractivity contribution in [2.45, 2.75) is 31.2 Å². The van der Waals surface area contributed by atoms with Gasteiger partial charge in [0.1, 0.15) is 0 Å². The lowest BCUT2D eigenvalue weighted by molar-refractivity contribution is -0.118. The van der Waals surface area contributed by atoms with Crippen LogP contribution in [0.15, 0.2) is 60.7 Å². The van der Waals surface area contributed by atoms with Crippen LogP contribution in [-0.2, 0) is 21.5 Å². The zero-order valence-corrected chi connectivity index (χ0v) is 21.0. The molecule has 3 aromatic carbocycles. The molecule has 1 amide bonds. The summed E-state index contributed by atoms with van der Waals surface area (Å²) < 4.78 is 5.44. The number of carbonyl (C=O) groups is 1. The van der Waals surface area contributed by atoms with E-state index >= 15 is 0 Å². The fourth-order valence-corrected chi connectivity index (χ4v) is 6.04. The van der Waals surface area contributed by atoms with Gasteiger partial charge in [0.25, 0.3) is 0 Å². The van der Waals surface area contributed by atoms with E-state index in [9.17, 15) is 4.79 Å². The van der Waals surface area contributed by atoms with E-state index in [2.05, 4.69) is 94.1 Å². The van der Waals surface area contributed by atoms with Crippen LogP contribution in [0.1, 0.15) is 45.8 Å². The molecule has 37 heavy (non-hydrogen) atoms. The molecule has 3 heterocycles. The first-order chi connectivity index (χ1) is 18.1. The number of morpholine rings is 1. The number of H-pyrrole nitrogens is 1. The maximum absolute atomic E-state index is 13.0. The highest BCUT2D eigenvalue weighted by molar-refractivity contribution is 6.10. The first-order valence-corrected chi connectivity index (χ1v) is 13.1. The minimum atomic E-state index is -0.425. The number of nitrogens with one attached hydrogen (secondary N) is 2. The molecule has 1 aliphatic carbocycles. The lowest BCUT2D eigenvalue weighted by Crippen LogP contribution is -2.35. The molecule has 2 fully saturated rings. The number of anilines is 1.